The Morgan fingerprint density at radius 3 is 2.33 bits per heavy atom. The van der Waals surface area contributed by atoms with Crippen molar-refractivity contribution in [3.05, 3.63) is 77.0 Å². The van der Waals surface area contributed by atoms with Crippen LogP contribution in [0.4, 0.5) is 0 Å². The second-order valence-corrected chi connectivity index (χ2v) is 9.47. The van der Waals surface area contributed by atoms with Gasteiger partial charge in [-0.15, -0.1) is 0 Å². The van der Waals surface area contributed by atoms with Crippen molar-refractivity contribution in [2.45, 2.75) is 51.2 Å². The summed E-state index contributed by atoms with van der Waals surface area (Å²) in [4.78, 5) is 2.32. The first-order valence-corrected chi connectivity index (χ1v) is 11.9. The molecule has 0 N–H and O–H groups in total. The van der Waals surface area contributed by atoms with Gasteiger partial charge in [-0.1, -0.05) is 0 Å². The first-order valence-electron chi connectivity index (χ1n) is 10.1. The van der Waals surface area contributed by atoms with Crippen molar-refractivity contribution in [3.8, 4) is 0 Å². The third-order valence-corrected chi connectivity index (χ3v) is 7.71. The zero-order valence-electron chi connectivity index (χ0n) is 16.0. The van der Waals surface area contributed by atoms with Gasteiger partial charge in [0.25, 0.3) is 0 Å². The summed E-state index contributed by atoms with van der Waals surface area (Å²) in [6.07, 6.45) is 6.43. The molecule has 2 aromatic carbocycles. The third kappa shape index (κ3) is 3.87. The SMILES string of the molecule is CCO[C@@H]1/C(=C/[Se]c2ccccc2)O[C@@H](c2ccccc2)C12CCCCC2. The molecule has 1 spiro atoms. The second kappa shape index (κ2) is 8.65. The number of hydrogen-bond acceptors (Lipinski definition) is 2. The Hall–Kier alpha value is -1.54. The Labute approximate surface area is 169 Å². The van der Waals surface area contributed by atoms with Gasteiger partial charge in [0.2, 0.25) is 0 Å². The van der Waals surface area contributed by atoms with Crippen molar-refractivity contribution in [3.63, 3.8) is 0 Å². The van der Waals surface area contributed by atoms with Gasteiger partial charge in [0.15, 0.2) is 0 Å². The van der Waals surface area contributed by atoms with E-state index in [9.17, 15) is 0 Å². The molecule has 0 unspecified atom stereocenters. The van der Waals surface area contributed by atoms with E-state index in [0.29, 0.717) is 0 Å². The molecule has 2 nitrogen and oxygen atoms in total. The molecule has 2 aliphatic rings. The molecule has 27 heavy (non-hydrogen) atoms. The predicted molar refractivity (Wildman–Crippen MR) is 111 cm³/mol. The first kappa shape index (κ1) is 18.8. The van der Waals surface area contributed by atoms with Crippen LogP contribution in [0.3, 0.4) is 0 Å². The molecular weight excluding hydrogens is 399 g/mol. The van der Waals surface area contributed by atoms with Gasteiger partial charge in [0, 0.05) is 0 Å². The summed E-state index contributed by atoms with van der Waals surface area (Å²) in [5, 5.41) is 0. The molecule has 2 fully saturated rings. The zero-order valence-corrected chi connectivity index (χ0v) is 17.7. The van der Waals surface area contributed by atoms with Crippen LogP contribution < -0.4 is 4.46 Å². The Kier molecular flexibility index (Phi) is 6.02. The van der Waals surface area contributed by atoms with Gasteiger partial charge < -0.3 is 0 Å². The quantitative estimate of drug-likeness (QED) is 0.627. The second-order valence-electron chi connectivity index (χ2n) is 7.49. The Balaban J connectivity index is 1.69. The maximum absolute atomic E-state index is 6.68. The molecule has 0 amide bonds. The van der Waals surface area contributed by atoms with Gasteiger partial charge in [-0.2, -0.15) is 0 Å². The molecule has 0 radical (unpaired) electrons. The fourth-order valence-electron chi connectivity index (χ4n) is 4.63. The molecule has 0 aromatic heterocycles. The summed E-state index contributed by atoms with van der Waals surface area (Å²) in [6.45, 7) is 2.83. The van der Waals surface area contributed by atoms with E-state index < -0.39 is 0 Å². The molecule has 1 saturated heterocycles. The standard InChI is InChI=1S/C24H28O2Se/c1-2-25-23-21(18-27-20-14-8-4-9-15-20)26-22(19-12-6-3-7-13-19)24(23)16-10-5-11-17-24/h3-4,6-9,12-15,18,22-23H,2,5,10-11,16-17H2,1H3/b21-18-/t22-,23+/m0/s1. The number of rotatable bonds is 5. The van der Waals surface area contributed by atoms with E-state index in [-0.39, 0.29) is 32.6 Å². The van der Waals surface area contributed by atoms with Crippen LogP contribution in [0.15, 0.2) is 71.4 Å². The topological polar surface area (TPSA) is 18.5 Å². The molecule has 142 valence electrons. The minimum absolute atomic E-state index is 0.0776. The van der Waals surface area contributed by atoms with E-state index in [1.54, 1.807) is 0 Å². The van der Waals surface area contributed by atoms with Crippen LogP contribution in [0, 0.1) is 5.41 Å². The molecule has 2 atom stereocenters. The van der Waals surface area contributed by atoms with E-state index in [2.05, 4.69) is 72.6 Å². The normalized spacial score (nSPS) is 25.6. The van der Waals surface area contributed by atoms with Gasteiger partial charge in [-0.3, -0.25) is 0 Å². The maximum atomic E-state index is 6.68. The van der Waals surface area contributed by atoms with E-state index in [4.69, 9.17) is 9.47 Å². The van der Waals surface area contributed by atoms with Crippen LogP contribution in [0.25, 0.3) is 0 Å². The molecule has 1 heterocycles. The van der Waals surface area contributed by atoms with Crippen LogP contribution >= 0.6 is 0 Å². The summed E-state index contributed by atoms with van der Waals surface area (Å²) >= 11 is 0.257. The van der Waals surface area contributed by atoms with Gasteiger partial charge in [-0.05, 0) is 0 Å². The predicted octanol–water partition coefficient (Wildman–Crippen LogP) is 4.98. The average molecular weight is 427 g/mol. The van der Waals surface area contributed by atoms with E-state index in [0.717, 1.165) is 12.4 Å². The molecule has 0 bridgehead atoms. The molecule has 4 rings (SSSR count). The summed E-state index contributed by atoms with van der Waals surface area (Å²) in [6, 6.07) is 21.5. The van der Waals surface area contributed by atoms with Crippen LogP contribution in [-0.4, -0.2) is 27.7 Å². The monoisotopic (exact) mass is 428 g/mol. The first-order chi connectivity index (χ1) is 13.3. The van der Waals surface area contributed by atoms with E-state index in [1.165, 1.54) is 42.1 Å². The number of ether oxygens (including phenoxy) is 2. The summed E-state index contributed by atoms with van der Waals surface area (Å²) in [5.74, 6) is 1.07. The molecular formula is C24H28O2Se. The third-order valence-electron chi connectivity index (χ3n) is 5.83. The average Bonchev–Trinajstić information content (AvgIpc) is 3.02. The zero-order chi connectivity index (χ0) is 18.5. The fraction of sp³-hybridized carbons (Fsp3) is 0.417. The molecule has 3 heteroatoms. The van der Waals surface area contributed by atoms with Crippen molar-refractivity contribution >= 4 is 19.4 Å². The van der Waals surface area contributed by atoms with Crippen molar-refractivity contribution in [1.29, 1.82) is 0 Å². The van der Waals surface area contributed by atoms with E-state index in [1.807, 2.05) is 0 Å². The van der Waals surface area contributed by atoms with Gasteiger partial charge in [-0.25, -0.2) is 0 Å². The van der Waals surface area contributed by atoms with Crippen LogP contribution in [0.5, 0.6) is 0 Å². The van der Waals surface area contributed by atoms with Crippen molar-refractivity contribution < 1.29 is 9.47 Å². The Morgan fingerprint density at radius 2 is 1.67 bits per heavy atom. The molecule has 1 aliphatic heterocycles. The minimum atomic E-state index is 0.0776. The van der Waals surface area contributed by atoms with Crippen LogP contribution in [0.2, 0.25) is 0 Å². The summed E-state index contributed by atoms with van der Waals surface area (Å²) in [5.41, 5.74) is 1.37. The van der Waals surface area contributed by atoms with Gasteiger partial charge in [0.1, 0.15) is 0 Å². The Morgan fingerprint density at radius 1 is 1.00 bits per heavy atom. The molecule has 2 aromatic rings. The van der Waals surface area contributed by atoms with Crippen LogP contribution in [-0.2, 0) is 9.47 Å². The molecule has 1 saturated carbocycles. The van der Waals surface area contributed by atoms with Gasteiger partial charge >= 0.3 is 169 Å². The number of hydrogen-bond donors (Lipinski definition) is 0. The van der Waals surface area contributed by atoms with Gasteiger partial charge in [0.05, 0.1) is 0 Å². The van der Waals surface area contributed by atoms with Crippen molar-refractivity contribution in [2.75, 3.05) is 6.61 Å². The summed E-state index contributed by atoms with van der Waals surface area (Å²) in [7, 11) is 0. The van der Waals surface area contributed by atoms with Crippen molar-refractivity contribution in [2.24, 2.45) is 5.41 Å². The molecule has 1 aliphatic carbocycles. The van der Waals surface area contributed by atoms with E-state index >= 15 is 0 Å². The Bertz CT molecular complexity index is 750. The van der Waals surface area contributed by atoms with Crippen molar-refractivity contribution in [1.82, 2.24) is 0 Å². The number of benzene rings is 2. The van der Waals surface area contributed by atoms with Crippen LogP contribution in [0.1, 0.15) is 50.7 Å². The fourth-order valence-corrected chi connectivity index (χ4v) is 6.19. The summed E-state index contributed by atoms with van der Waals surface area (Å²) < 4.78 is 14.4.